The molecule has 0 heterocycles. The monoisotopic (exact) mass is 244 g/mol. The third-order valence-electron chi connectivity index (χ3n) is 2.90. The second-order valence-corrected chi connectivity index (χ2v) is 4.39. The Hall–Kier alpha value is -1.61. The summed E-state index contributed by atoms with van der Waals surface area (Å²) in [7, 11) is 0. The van der Waals surface area contributed by atoms with Gasteiger partial charge in [-0.1, -0.05) is 12.2 Å². The molecule has 0 unspecified atom stereocenters. The summed E-state index contributed by atoms with van der Waals surface area (Å²) in [6, 6.07) is 1.62. The zero-order valence-corrected chi connectivity index (χ0v) is 10.5. The molecule has 3 heteroatoms. The first-order valence-electron chi connectivity index (χ1n) is 5.31. The van der Waals surface area contributed by atoms with Crippen LogP contribution in [0.2, 0.25) is 0 Å². The number of Topliss-reactive ketones (excluding diaryl/α,β-unsaturated/α-hetero) is 1. The van der Waals surface area contributed by atoms with Crippen molar-refractivity contribution in [1.29, 1.82) is 0 Å². The molecule has 0 radical (unpaired) electrons. The lowest BCUT2D eigenvalue weighted by Gasteiger charge is -2.07. The maximum Gasteiger partial charge on any atom is 0.193 e. The molecule has 1 aliphatic rings. The fourth-order valence-corrected chi connectivity index (χ4v) is 2.23. The van der Waals surface area contributed by atoms with E-state index in [0.29, 0.717) is 21.6 Å². The Labute approximate surface area is 105 Å². The quantitative estimate of drug-likeness (QED) is 0.640. The second kappa shape index (κ2) is 4.34. The molecule has 0 bridgehead atoms. The van der Waals surface area contributed by atoms with Crippen molar-refractivity contribution in [3.8, 4) is 0 Å². The number of carbonyl (C=O) groups excluding carboxylic acids is 2. The highest BCUT2D eigenvalue weighted by atomic mass is 32.1. The van der Waals surface area contributed by atoms with Crippen molar-refractivity contribution in [2.45, 2.75) is 18.7 Å². The first kappa shape index (κ1) is 11.9. The first-order valence-corrected chi connectivity index (χ1v) is 5.75. The van der Waals surface area contributed by atoms with Gasteiger partial charge in [0.25, 0.3) is 0 Å². The van der Waals surface area contributed by atoms with E-state index in [1.54, 1.807) is 12.1 Å². The Morgan fingerprint density at radius 2 is 2.06 bits per heavy atom. The van der Waals surface area contributed by atoms with E-state index in [9.17, 15) is 9.59 Å². The van der Waals surface area contributed by atoms with Gasteiger partial charge in [-0.15, -0.1) is 12.6 Å². The highest BCUT2D eigenvalue weighted by Crippen LogP contribution is 2.33. The summed E-state index contributed by atoms with van der Waals surface area (Å²) in [5.41, 5.74) is 3.46. The number of aldehydes is 1. The van der Waals surface area contributed by atoms with Gasteiger partial charge in [-0.3, -0.25) is 9.59 Å². The number of carbonyl (C=O) groups is 2. The maximum absolute atomic E-state index is 12.1. The van der Waals surface area contributed by atoms with Crippen molar-refractivity contribution in [2.75, 3.05) is 0 Å². The Kier molecular flexibility index (Phi) is 3.03. The van der Waals surface area contributed by atoms with E-state index in [1.165, 1.54) is 0 Å². The van der Waals surface area contributed by atoms with Crippen LogP contribution in [0, 0.1) is 6.92 Å². The molecule has 0 fully saturated rings. The summed E-state index contributed by atoms with van der Waals surface area (Å²) in [4.78, 5) is 23.6. The van der Waals surface area contributed by atoms with Crippen LogP contribution in [0.25, 0.3) is 6.08 Å². The summed E-state index contributed by atoms with van der Waals surface area (Å²) in [5, 5.41) is 0. The molecule has 0 atom stereocenters. The maximum atomic E-state index is 12.1. The molecule has 17 heavy (non-hydrogen) atoms. The third-order valence-corrected chi connectivity index (χ3v) is 3.50. The SMILES string of the molecule is C/C=C/C1=Cc2c(cc(C=O)c(S)c2C)C1=O. The lowest BCUT2D eigenvalue weighted by molar-refractivity contribution is 0.104. The van der Waals surface area contributed by atoms with Crippen LogP contribution < -0.4 is 0 Å². The fraction of sp³-hybridized carbons (Fsp3) is 0.143. The van der Waals surface area contributed by atoms with Gasteiger partial charge in [0.05, 0.1) is 0 Å². The standard InChI is InChI=1S/C14H12O2S/c1-3-4-9-5-11-8(2)14(17)10(7-15)6-12(11)13(9)16/h3-7,17H,1-2H3/b4-3+. The molecular weight excluding hydrogens is 232 g/mol. The highest BCUT2D eigenvalue weighted by molar-refractivity contribution is 7.80. The fourth-order valence-electron chi connectivity index (χ4n) is 1.99. The van der Waals surface area contributed by atoms with Gasteiger partial charge in [0.15, 0.2) is 12.1 Å². The number of hydrogen-bond donors (Lipinski definition) is 1. The van der Waals surface area contributed by atoms with Gasteiger partial charge in [-0.2, -0.15) is 0 Å². The summed E-state index contributed by atoms with van der Waals surface area (Å²) in [5.74, 6) is -0.0300. The minimum atomic E-state index is -0.0300. The minimum Gasteiger partial charge on any atom is -0.298 e. The van der Waals surface area contributed by atoms with Gasteiger partial charge in [-0.05, 0) is 37.1 Å². The molecule has 0 spiro atoms. The molecule has 0 amide bonds. The zero-order valence-electron chi connectivity index (χ0n) is 9.65. The summed E-state index contributed by atoms with van der Waals surface area (Å²) in [6.07, 6.45) is 6.19. The van der Waals surface area contributed by atoms with Crippen LogP contribution in [-0.2, 0) is 0 Å². The van der Waals surface area contributed by atoms with Crippen LogP contribution in [0.5, 0.6) is 0 Å². The van der Waals surface area contributed by atoms with E-state index in [4.69, 9.17) is 0 Å². The van der Waals surface area contributed by atoms with Crippen molar-refractivity contribution in [2.24, 2.45) is 0 Å². The van der Waals surface area contributed by atoms with Crippen molar-refractivity contribution in [3.63, 3.8) is 0 Å². The summed E-state index contributed by atoms with van der Waals surface area (Å²) in [6.45, 7) is 3.74. The minimum absolute atomic E-state index is 0.0300. The number of allylic oxidation sites excluding steroid dienone is 3. The Morgan fingerprint density at radius 1 is 1.35 bits per heavy atom. The summed E-state index contributed by atoms with van der Waals surface area (Å²) < 4.78 is 0. The van der Waals surface area contributed by atoms with Gasteiger partial charge in [-0.25, -0.2) is 0 Å². The van der Waals surface area contributed by atoms with E-state index < -0.39 is 0 Å². The molecule has 1 aromatic rings. The lowest BCUT2D eigenvalue weighted by Crippen LogP contribution is -2.00. The van der Waals surface area contributed by atoms with E-state index in [0.717, 1.165) is 17.4 Å². The topological polar surface area (TPSA) is 34.1 Å². The predicted octanol–water partition coefficient (Wildman–Crippen LogP) is 3.25. The second-order valence-electron chi connectivity index (χ2n) is 3.95. The van der Waals surface area contributed by atoms with Crippen LogP contribution in [0.3, 0.4) is 0 Å². The van der Waals surface area contributed by atoms with Crippen LogP contribution in [-0.4, -0.2) is 12.1 Å². The Morgan fingerprint density at radius 3 is 2.65 bits per heavy atom. The third kappa shape index (κ3) is 1.76. The van der Waals surface area contributed by atoms with Crippen LogP contribution in [0.1, 0.15) is 38.8 Å². The molecule has 0 saturated heterocycles. The molecule has 0 N–H and O–H groups in total. The van der Waals surface area contributed by atoms with Gasteiger partial charge in [0.2, 0.25) is 0 Å². The van der Waals surface area contributed by atoms with Crippen molar-refractivity contribution < 1.29 is 9.59 Å². The molecular formula is C14H12O2S. The normalized spacial score (nSPS) is 14.1. The van der Waals surface area contributed by atoms with Gasteiger partial charge in [0, 0.05) is 21.6 Å². The number of hydrogen-bond acceptors (Lipinski definition) is 3. The molecule has 1 aliphatic carbocycles. The zero-order chi connectivity index (χ0) is 12.6. The summed E-state index contributed by atoms with van der Waals surface area (Å²) >= 11 is 4.31. The van der Waals surface area contributed by atoms with E-state index in [2.05, 4.69) is 12.6 Å². The molecule has 0 saturated carbocycles. The van der Waals surface area contributed by atoms with E-state index in [-0.39, 0.29) is 5.78 Å². The Balaban J connectivity index is 2.68. The average Bonchev–Trinajstić information content (AvgIpc) is 2.62. The van der Waals surface area contributed by atoms with Crippen LogP contribution in [0.4, 0.5) is 0 Å². The Bertz CT molecular complexity index is 580. The predicted molar refractivity (Wildman–Crippen MR) is 70.9 cm³/mol. The van der Waals surface area contributed by atoms with Crippen molar-refractivity contribution in [1.82, 2.24) is 0 Å². The molecule has 1 aromatic carbocycles. The van der Waals surface area contributed by atoms with Crippen LogP contribution >= 0.6 is 12.6 Å². The first-order chi connectivity index (χ1) is 8.10. The van der Waals surface area contributed by atoms with Gasteiger partial charge < -0.3 is 0 Å². The van der Waals surface area contributed by atoms with Gasteiger partial charge >= 0.3 is 0 Å². The molecule has 86 valence electrons. The largest absolute Gasteiger partial charge is 0.298 e. The van der Waals surface area contributed by atoms with Crippen molar-refractivity contribution >= 4 is 30.8 Å². The van der Waals surface area contributed by atoms with E-state index in [1.807, 2.05) is 26.0 Å². The average molecular weight is 244 g/mol. The van der Waals surface area contributed by atoms with Crippen LogP contribution in [0.15, 0.2) is 28.7 Å². The van der Waals surface area contributed by atoms with Gasteiger partial charge in [0.1, 0.15) is 0 Å². The number of fused-ring (bicyclic) bond motifs is 1. The molecule has 2 nitrogen and oxygen atoms in total. The smallest absolute Gasteiger partial charge is 0.193 e. The molecule has 2 rings (SSSR count). The molecule has 0 aromatic heterocycles. The van der Waals surface area contributed by atoms with Crippen molar-refractivity contribution in [3.05, 3.63) is 46.0 Å². The number of rotatable bonds is 2. The number of benzene rings is 1. The molecule has 0 aliphatic heterocycles. The van der Waals surface area contributed by atoms with E-state index >= 15 is 0 Å². The number of thiol groups is 1. The lowest BCUT2D eigenvalue weighted by atomic mass is 10.00. The highest BCUT2D eigenvalue weighted by Gasteiger charge is 2.24. The number of ketones is 1.